The minimum Gasteiger partial charge on any atom is -0.481 e. The molecule has 21 heavy (non-hydrogen) atoms. The quantitative estimate of drug-likeness (QED) is 0.803. The molecule has 0 aromatic heterocycles. The first-order chi connectivity index (χ1) is 10.0. The number of carboxylic acids is 1. The van der Waals surface area contributed by atoms with Gasteiger partial charge in [-0.05, 0) is 39.3 Å². The largest absolute Gasteiger partial charge is 0.481 e. The van der Waals surface area contributed by atoms with Gasteiger partial charge in [0.2, 0.25) is 5.91 Å². The molecule has 5 heteroatoms. The van der Waals surface area contributed by atoms with Crippen LogP contribution in [0.4, 0.5) is 0 Å². The van der Waals surface area contributed by atoms with Gasteiger partial charge in [0.05, 0.1) is 11.8 Å². The molecule has 1 aliphatic heterocycles. The average Bonchev–Trinajstić information content (AvgIpc) is 2.67. The number of amides is 1. The van der Waals surface area contributed by atoms with E-state index in [9.17, 15) is 14.7 Å². The van der Waals surface area contributed by atoms with Crippen molar-refractivity contribution in [2.24, 2.45) is 11.8 Å². The second-order valence-electron chi connectivity index (χ2n) is 6.20. The molecular formula is C16H26N2O3. The number of carbonyl (C=O) groups is 2. The highest BCUT2D eigenvalue weighted by molar-refractivity contribution is 5.85. The van der Waals surface area contributed by atoms with E-state index >= 15 is 0 Å². The molecule has 1 heterocycles. The summed E-state index contributed by atoms with van der Waals surface area (Å²) < 4.78 is 0. The molecule has 0 radical (unpaired) electrons. The van der Waals surface area contributed by atoms with Gasteiger partial charge in [-0.15, -0.1) is 0 Å². The van der Waals surface area contributed by atoms with Crippen molar-refractivity contribution in [3.8, 4) is 0 Å². The third-order valence-electron chi connectivity index (χ3n) is 4.72. The van der Waals surface area contributed by atoms with Crippen molar-refractivity contribution in [3.63, 3.8) is 0 Å². The van der Waals surface area contributed by atoms with Gasteiger partial charge in [0.15, 0.2) is 0 Å². The van der Waals surface area contributed by atoms with Crippen molar-refractivity contribution in [2.75, 3.05) is 26.7 Å². The Morgan fingerprint density at radius 2 is 1.86 bits per heavy atom. The lowest BCUT2D eigenvalue weighted by Gasteiger charge is -2.35. The van der Waals surface area contributed by atoms with Crippen LogP contribution in [0.5, 0.6) is 0 Å². The first kappa shape index (κ1) is 16.0. The zero-order valence-electron chi connectivity index (χ0n) is 13.0. The fourth-order valence-electron chi connectivity index (χ4n) is 3.46. The highest BCUT2D eigenvalue weighted by Crippen LogP contribution is 2.29. The predicted octanol–water partition coefficient (Wildman–Crippen LogP) is 1.60. The van der Waals surface area contributed by atoms with Crippen LogP contribution >= 0.6 is 0 Å². The van der Waals surface area contributed by atoms with Crippen LogP contribution in [0.1, 0.15) is 32.6 Å². The van der Waals surface area contributed by atoms with Gasteiger partial charge < -0.3 is 14.9 Å². The van der Waals surface area contributed by atoms with E-state index in [4.69, 9.17) is 0 Å². The van der Waals surface area contributed by atoms with Gasteiger partial charge in [0.1, 0.15) is 0 Å². The summed E-state index contributed by atoms with van der Waals surface area (Å²) in [5.41, 5.74) is 0. The topological polar surface area (TPSA) is 60.9 Å². The lowest BCUT2D eigenvalue weighted by atomic mass is 9.81. The van der Waals surface area contributed by atoms with E-state index in [0.717, 1.165) is 32.5 Å². The number of carboxylic acid groups (broad SMARTS) is 1. The van der Waals surface area contributed by atoms with E-state index in [1.807, 2.05) is 17.1 Å². The number of hydrogen-bond donors (Lipinski definition) is 1. The highest BCUT2D eigenvalue weighted by atomic mass is 16.4. The molecule has 2 rings (SSSR count). The SMILES string of the molecule is CCC1CN(C)CCCN1C(=O)[C@@H]1CC=CC[C@@H]1C(=O)O. The molecule has 3 atom stereocenters. The van der Waals surface area contributed by atoms with Crippen LogP contribution in [0.2, 0.25) is 0 Å². The average molecular weight is 294 g/mol. The van der Waals surface area contributed by atoms with Gasteiger partial charge in [0.25, 0.3) is 0 Å². The standard InChI is InChI=1S/C16H26N2O3/c1-3-12-11-17(2)9-6-10-18(12)15(19)13-7-4-5-8-14(13)16(20)21/h4-5,12-14H,3,6-11H2,1-2H3,(H,20,21)/t12?,13-,14+/m1/s1. The molecule has 1 N–H and O–H groups in total. The molecule has 0 aromatic carbocycles. The summed E-state index contributed by atoms with van der Waals surface area (Å²) in [6.07, 6.45) is 6.73. The van der Waals surface area contributed by atoms with Crippen LogP contribution in [-0.4, -0.2) is 59.5 Å². The van der Waals surface area contributed by atoms with Crippen LogP contribution < -0.4 is 0 Å². The zero-order valence-corrected chi connectivity index (χ0v) is 13.0. The number of likely N-dealkylation sites (N-methyl/N-ethyl adjacent to an activating group) is 1. The summed E-state index contributed by atoms with van der Waals surface area (Å²) in [7, 11) is 2.08. The highest BCUT2D eigenvalue weighted by Gasteiger charge is 2.38. The Kier molecular flexibility index (Phi) is 5.39. The fourth-order valence-corrected chi connectivity index (χ4v) is 3.46. The number of carbonyl (C=O) groups excluding carboxylic acids is 1. The van der Waals surface area contributed by atoms with Gasteiger partial charge in [-0.2, -0.15) is 0 Å². The number of rotatable bonds is 3. The zero-order chi connectivity index (χ0) is 15.4. The molecule has 0 spiro atoms. The lowest BCUT2D eigenvalue weighted by molar-refractivity contribution is -0.151. The maximum absolute atomic E-state index is 12.9. The Morgan fingerprint density at radius 3 is 2.48 bits per heavy atom. The Labute approximate surface area is 126 Å². The van der Waals surface area contributed by atoms with E-state index in [0.29, 0.717) is 12.8 Å². The van der Waals surface area contributed by atoms with Crippen molar-refractivity contribution >= 4 is 11.9 Å². The molecule has 5 nitrogen and oxygen atoms in total. The first-order valence-electron chi connectivity index (χ1n) is 7.91. The Bertz CT molecular complexity index is 422. The van der Waals surface area contributed by atoms with Crippen molar-refractivity contribution in [3.05, 3.63) is 12.2 Å². The molecule has 0 bridgehead atoms. The molecule has 1 fully saturated rings. The normalized spacial score (nSPS) is 31.0. The monoisotopic (exact) mass is 294 g/mol. The van der Waals surface area contributed by atoms with Crippen molar-refractivity contribution in [1.82, 2.24) is 9.80 Å². The van der Waals surface area contributed by atoms with Crippen LogP contribution in [0, 0.1) is 11.8 Å². The molecule has 118 valence electrons. The molecule has 0 aromatic rings. The summed E-state index contributed by atoms with van der Waals surface area (Å²) in [4.78, 5) is 28.5. The smallest absolute Gasteiger partial charge is 0.307 e. The Balaban J connectivity index is 2.16. The van der Waals surface area contributed by atoms with Crippen LogP contribution in [0.25, 0.3) is 0 Å². The van der Waals surface area contributed by atoms with Crippen molar-refractivity contribution in [2.45, 2.75) is 38.6 Å². The van der Waals surface area contributed by atoms with Gasteiger partial charge in [0, 0.05) is 19.1 Å². The third kappa shape index (κ3) is 3.64. The molecular weight excluding hydrogens is 268 g/mol. The number of aliphatic carboxylic acids is 1. The van der Waals surface area contributed by atoms with Crippen LogP contribution in [0.15, 0.2) is 12.2 Å². The van der Waals surface area contributed by atoms with Gasteiger partial charge in [-0.25, -0.2) is 0 Å². The summed E-state index contributed by atoms with van der Waals surface area (Å²) in [6, 6.07) is 0.199. The van der Waals surface area contributed by atoms with Gasteiger partial charge in [-0.3, -0.25) is 9.59 Å². The van der Waals surface area contributed by atoms with E-state index in [1.54, 1.807) is 0 Å². The first-order valence-corrected chi connectivity index (χ1v) is 7.91. The van der Waals surface area contributed by atoms with Crippen molar-refractivity contribution in [1.29, 1.82) is 0 Å². The molecule has 0 saturated carbocycles. The minimum absolute atomic E-state index is 0.0360. The lowest BCUT2D eigenvalue weighted by Crippen LogP contribution is -2.48. The maximum atomic E-state index is 12.9. The van der Waals surface area contributed by atoms with Gasteiger partial charge in [-0.1, -0.05) is 19.1 Å². The summed E-state index contributed by atoms with van der Waals surface area (Å²) >= 11 is 0. The van der Waals surface area contributed by atoms with E-state index in [1.165, 1.54) is 0 Å². The number of allylic oxidation sites excluding steroid dienone is 2. The van der Waals surface area contributed by atoms with Crippen LogP contribution in [-0.2, 0) is 9.59 Å². The second kappa shape index (κ2) is 7.07. The maximum Gasteiger partial charge on any atom is 0.307 e. The minimum atomic E-state index is -0.849. The van der Waals surface area contributed by atoms with E-state index in [2.05, 4.69) is 18.9 Å². The summed E-state index contributed by atoms with van der Waals surface area (Å²) in [5, 5.41) is 9.36. The summed E-state index contributed by atoms with van der Waals surface area (Å²) in [6.45, 7) is 4.71. The fraction of sp³-hybridized carbons (Fsp3) is 0.750. The third-order valence-corrected chi connectivity index (χ3v) is 4.72. The number of hydrogen-bond acceptors (Lipinski definition) is 3. The van der Waals surface area contributed by atoms with E-state index in [-0.39, 0.29) is 11.9 Å². The Morgan fingerprint density at radius 1 is 1.19 bits per heavy atom. The molecule has 1 amide bonds. The van der Waals surface area contributed by atoms with Crippen molar-refractivity contribution < 1.29 is 14.7 Å². The Hall–Kier alpha value is -1.36. The summed E-state index contributed by atoms with van der Waals surface area (Å²) in [5.74, 6) is -1.78. The molecule has 1 unspecified atom stereocenters. The number of nitrogens with zero attached hydrogens (tertiary/aromatic N) is 2. The molecule has 1 aliphatic carbocycles. The molecule has 2 aliphatic rings. The predicted molar refractivity (Wildman–Crippen MR) is 80.9 cm³/mol. The van der Waals surface area contributed by atoms with Crippen LogP contribution in [0.3, 0.4) is 0 Å². The second-order valence-corrected chi connectivity index (χ2v) is 6.20. The van der Waals surface area contributed by atoms with E-state index < -0.39 is 17.8 Å². The molecule has 1 saturated heterocycles. The van der Waals surface area contributed by atoms with Gasteiger partial charge >= 0.3 is 5.97 Å².